The van der Waals surface area contributed by atoms with Crippen LogP contribution in [0.25, 0.3) is 10.9 Å². The molecule has 0 unspecified atom stereocenters. The summed E-state index contributed by atoms with van der Waals surface area (Å²) < 4.78 is 14.3. The Morgan fingerprint density at radius 2 is 2.15 bits per heavy atom. The number of benzene rings is 1. The molecule has 0 aliphatic heterocycles. The fraction of sp³-hybridized carbons (Fsp3) is 0.400. The third-order valence-electron chi connectivity index (χ3n) is 3.13. The smallest absolute Gasteiger partial charge is 0.150 e. The zero-order chi connectivity index (χ0) is 14.9. The van der Waals surface area contributed by atoms with Crippen molar-refractivity contribution in [1.29, 1.82) is 0 Å². The summed E-state index contributed by atoms with van der Waals surface area (Å²) in [6, 6.07) is 4.90. The van der Waals surface area contributed by atoms with Crippen molar-refractivity contribution in [3.8, 4) is 0 Å². The van der Waals surface area contributed by atoms with Crippen molar-refractivity contribution >= 4 is 22.3 Å². The van der Waals surface area contributed by atoms with E-state index in [1.165, 1.54) is 6.07 Å². The minimum Gasteiger partial charge on any atom is -0.398 e. The Labute approximate surface area is 118 Å². The summed E-state index contributed by atoms with van der Waals surface area (Å²) in [5.74, 6) is -0.417. The Bertz CT molecular complexity index is 622. The van der Waals surface area contributed by atoms with E-state index in [9.17, 15) is 9.50 Å². The van der Waals surface area contributed by atoms with Gasteiger partial charge in [0, 0.05) is 30.4 Å². The third-order valence-corrected chi connectivity index (χ3v) is 3.13. The molecule has 0 bridgehead atoms. The maximum atomic E-state index is 14.3. The number of fused-ring (bicyclic) bond motifs is 1. The van der Waals surface area contributed by atoms with Crippen molar-refractivity contribution < 1.29 is 9.50 Å². The van der Waals surface area contributed by atoms with E-state index >= 15 is 0 Å². The van der Waals surface area contributed by atoms with Gasteiger partial charge in [-0.05, 0) is 39.0 Å². The molecule has 5 heteroatoms. The number of rotatable bonds is 4. The molecule has 108 valence electrons. The van der Waals surface area contributed by atoms with Gasteiger partial charge in [0.1, 0.15) is 0 Å². The molecule has 0 saturated carbocycles. The number of likely N-dealkylation sites (N-methyl/N-ethyl adjacent to an activating group) is 1. The van der Waals surface area contributed by atoms with Crippen LogP contribution in [0.1, 0.15) is 20.8 Å². The van der Waals surface area contributed by atoms with Crippen molar-refractivity contribution in [2.75, 3.05) is 23.7 Å². The second kappa shape index (κ2) is 5.25. The van der Waals surface area contributed by atoms with Gasteiger partial charge in [0.2, 0.25) is 0 Å². The van der Waals surface area contributed by atoms with Crippen LogP contribution >= 0.6 is 0 Å². The van der Waals surface area contributed by atoms with Crippen LogP contribution in [0, 0.1) is 5.82 Å². The summed E-state index contributed by atoms with van der Waals surface area (Å²) >= 11 is 0. The molecule has 0 atom stereocenters. The first-order chi connectivity index (χ1) is 9.33. The molecule has 0 fully saturated rings. The summed E-state index contributed by atoms with van der Waals surface area (Å²) in [7, 11) is 0. The van der Waals surface area contributed by atoms with Crippen molar-refractivity contribution in [3.05, 3.63) is 30.2 Å². The molecule has 0 aliphatic carbocycles. The average molecular weight is 277 g/mol. The predicted molar refractivity (Wildman–Crippen MR) is 80.3 cm³/mol. The topological polar surface area (TPSA) is 62.4 Å². The first-order valence-corrected chi connectivity index (χ1v) is 6.63. The van der Waals surface area contributed by atoms with Crippen molar-refractivity contribution in [2.45, 2.75) is 26.4 Å². The van der Waals surface area contributed by atoms with E-state index in [-0.39, 0.29) is 0 Å². The number of aliphatic hydroxyl groups is 1. The Balaban J connectivity index is 2.63. The van der Waals surface area contributed by atoms with Gasteiger partial charge in [-0.1, -0.05) is 0 Å². The largest absolute Gasteiger partial charge is 0.398 e. The van der Waals surface area contributed by atoms with Crippen molar-refractivity contribution in [3.63, 3.8) is 0 Å². The maximum absolute atomic E-state index is 14.3. The number of pyridine rings is 1. The molecule has 0 radical (unpaired) electrons. The van der Waals surface area contributed by atoms with Crippen molar-refractivity contribution in [2.24, 2.45) is 0 Å². The molecule has 0 amide bonds. The van der Waals surface area contributed by atoms with Crippen LogP contribution in [-0.4, -0.2) is 28.8 Å². The second-order valence-electron chi connectivity index (χ2n) is 5.52. The van der Waals surface area contributed by atoms with Crippen LogP contribution in [-0.2, 0) is 0 Å². The van der Waals surface area contributed by atoms with Gasteiger partial charge in [-0.3, -0.25) is 4.98 Å². The van der Waals surface area contributed by atoms with E-state index in [2.05, 4.69) is 4.98 Å². The van der Waals surface area contributed by atoms with E-state index in [0.717, 1.165) is 5.39 Å². The summed E-state index contributed by atoms with van der Waals surface area (Å²) in [6.45, 7) is 6.18. The molecule has 0 aliphatic rings. The van der Waals surface area contributed by atoms with Crippen LogP contribution in [0.4, 0.5) is 15.8 Å². The van der Waals surface area contributed by atoms with Gasteiger partial charge in [0.15, 0.2) is 5.82 Å². The minimum atomic E-state index is -0.926. The Kier molecular flexibility index (Phi) is 3.81. The number of nitrogens with two attached hydrogens (primary N) is 1. The SMILES string of the molecule is CCN(CC(C)(C)O)c1c(F)cc(N)c2cccnc12. The fourth-order valence-corrected chi connectivity index (χ4v) is 2.34. The number of nitrogens with zero attached hydrogens (tertiary/aromatic N) is 2. The third kappa shape index (κ3) is 2.82. The number of nitrogen functional groups attached to an aromatic ring is 1. The first-order valence-electron chi connectivity index (χ1n) is 6.63. The standard InChI is InChI=1S/C15H20FN3O/c1-4-19(9-15(2,3)20)14-11(16)8-12(17)10-6-5-7-18-13(10)14/h5-8,20H,4,9,17H2,1-3H3. The van der Waals surface area contributed by atoms with Gasteiger partial charge in [-0.2, -0.15) is 0 Å². The molecular formula is C15H20FN3O. The highest BCUT2D eigenvalue weighted by Gasteiger charge is 2.22. The number of hydrogen-bond acceptors (Lipinski definition) is 4. The highest BCUT2D eigenvalue weighted by atomic mass is 19.1. The predicted octanol–water partition coefficient (Wildman–Crippen LogP) is 2.55. The molecule has 3 N–H and O–H groups in total. The van der Waals surface area contributed by atoms with E-state index in [1.54, 1.807) is 31.0 Å². The quantitative estimate of drug-likeness (QED) is 0.843. The zero-order valence-corrected chi connectivity index (χ0v) is 12.0. The Morgan fingerprint density at radius 3 is 2.75 bits per heavy atom. The molecular weight excluding hydrogens is 257 g/mol. The van der Waals surface area contributed by atoms with E-state index in [1.807, 2.05) is 13.0 Å². The monoisotopic (exact) mass is 277 g/mol. The zero-order valence-electron chi connectivity index (χ0n) is 12.0. The lowest BCUT2D eigenvalue weighted by atomic mass is 10.1. The normalized spacial score (nSPS) is 11.8. The number of anilines is 2. The summed E-state index contributed by atoms with van der Waals surface area (Å²) in [5.41, 5.74) is 6.20. The lowest BCUT2D eigenvalue weighted by Gasteiger charge is -2.30. The number of aromatic nitrogens is 1. The van der Waals surface area contributed by atoms with Gasteiger partial charge in [-0.15, -0.1) is 0 Å². The summed E-state index contributed by atoms with van der Waals surface area (Å²) in [6.07, 6.45) is 1.61. The van der Waals surface area contributed by atoms with Gasteiger partial charge >= 0.3 is 0 Å². The van der Waals surface area contributed by atoms with E-state index in [4.69, 9.17) is 5.73 Å². The Hall–Kier alpha value is -1.88. The molecule has 20 heavy (non-hydrogen) atoms. The van der Waals surface area contributed by atoms with E-state index < -0.39 is 11.4 Å². The van der Waals surface area contributed by atoms with E-state index in [0.29, 0.717) is 30.0 Å². The van der Waals surface area contributed by atoms with Crippen LogP contribution < -0.4 is 10.6 Å². The van der Waals surface area contributed by atoms with Gasteiger partial charge < -0.3 is 15.7 Å². The molecule has 1 aromatic carbocycles. The van der Waals surface area contributed by atoms with Gasteiger partial charge in [0.05, 0.1) is 16.8 Å². The first kappa shape index (κ1) is 14.5. The van der Waals surface area contributed by atoms with Crippen molar-refractivity contribution in [1.82, 2.24) is 4.98 Å². The second-order valence-corrected chi connectivity index (χ2v) is 5.52. The molecule has 1 aromatic heterocycles. The average Bonchev–Trinajstić information content (AvgIpc) is 2.36. The highest BCUT2D eigenvalue weighted by Crippen LogP contribution is 2.33. The molecule has 2 rings (SSSR count). The fourth-order valence-electron chi connectivity index (χ4n) is 2.34. The lowest BCUT2D eigenvalue weighted by Crippen LogP contribution is -2.39. The lowest BCUT2D eigenvalue weighted by molar-refractivity contribution is 0.0875. The number of halogens is 1. The summed E-state index contributed by atoms with van der Waals surface area (Å²) in [5, 5.41) is 10.7. The van der Waals surface area contributed by atoms with Crippen LogP contribution in [0.5, 0.6) is 0 Å². The summed E-state index contributed by atoms with van der Waals surface area (Å²) in [4.78, 5) is 6.04. The molecule has 2 aromatic rings. The highest BCUT2D eigenvalue weighted by molar-refractivity contribution is 5.98. The number of hydrogen-bond donors (Lipinski definition) is 2. The molecule has 1 heterocycles. The van der Waals surface area contributed by atoms with Crippen LogP contribution in [0.2, 0.25) is 0 Å². The maximum Gasteiger partial charge on any atom is 0.150 e. The van der Waals surface area contributed by atoms with Gasteiger partial charge in [-0.25, -0.2) is 4.39 Å². The van der Waals surface area contributed by atoms with Crippen LogP contribution in [0.3, 0.4) is 0 Å². The minimum absolute atomic E-state index is 0.315. The Morgan fingerprint density at radius 1 is 1.45 bits per heavy atom. The molecule has 4 nitrogen and oxygen atoms in total. The molecule has 0 saturated heterocycles. The van der Waals surface area contributed by atoms with Gasteiger partial charge in [0.25, 0.3) is 0 Å². The van der Waals surface area contributed by atoms with Crippen LogP contribution in [0.15, 0.2) is 24.4 Å². The molecule has 0 spiro atoms.